The molecule has 2 aromatic carbocycles. The second kappa shape index (κ2) is 8.53. The molecular weight excluding hydrogens is 390 g/mol. The van der Waals surface area contributed by atoms with Gasteiger partial charge in [-0.1, -0.05) is 18.6 Å². The van der Waals surface area contributed by atoms with Gasteiger partial charge in [0.05, 0.1) is 7.11 Å². The van der Waals surface area contributed by atoms with E-state index in [-0.39, 0.29) is 18.4 Å². The van der Waals surface area contributed by atoms with E-state index in [1.165, 1.54) is 0 Å². The highest BCUT2D eigenvalue weighted by atomic mass is 16.5. The number of nitrogens with zero attached hydrogens (tertiary/aromatic N) is 3. The van der Waals surface area contributed by atoms with E-state index in [1.807, 2.05) is 55.5 Å². The van der Waals surface area contributed by atoms with Crippen molar-refractivity contribution >= 4 is 23.2 Å². The van der Waals surface area contributed by atoms with Gasteiger partial charge in [-0.25, -0.2) is 0 Å². The smallest absolute Gasteiger partial charge is 0.275 e. The SMILES string of the molecule is COc1ccc(C2=NC3(CCCCC3)N(CC(=O)N(C)c3cccc(C)c3)C2=O)cc1. The number of likely N-dealkylation sites (N-methyl/N-ethyl adjacent to an activating group) is 1. The summed E-state index contributed by atoms with van der Waals surface area (Å²) in [5.74, 6) is 0.446. The molecule has 1 spiro atoms. The highest BCUT2D eigenvalue weighted by molar-refractivity contribution is 6.47. The highest BCUT2D eigenvalue weighted by Crippen LogP contribution is 2.39. The number of hydrogen-bond donors (Lipinski definition) is 0. The largest absolute Gasteiger partial charge is 0.497 e. The molecule has 1 fully saturated rings. The van der Waals surface area contributed by atoms with Gasteiger partial charge in [0.25, 0.3) is 5.91 Å². The summed E-state index contributed by atoms with van der Waals surface area (Å²) in [5.41, 5.74) is 2.50. The van der Waals surface area contributed by atoms with Gasteiger partial charge in [0, 0.05) is 18.3 Å². The lowest BCUT2D eigenvalue weighted by Crippen LogP contribution is -2.52. The Hall–Kier alpha value is -3.15. The molecule has 0 unspecified atom stereocenters. The molecule has 2 aromatic rings. The molecule has 1 aliphatic heterocycles. The maximum Gasteiger partial charge on any atom is 0.275 e. The first-order valence-electron chi connectivity index (χ1n) is 10.8. The molecule has 0 radical (unpaired) electrons. The molecule has 2 aliphatic rings. The Morgan fingerprint density at radius 3 is 2.48 bits per heavy atom. The summed E-state index contributed by atoms with van der Waals surface area (Å²) >= 11 is 0. The van der Waals surface area contributed by atoms with Crippen LogP contribution in [0.25, 0.3) is 0 Å². The minimum atomic E-state index is -0.617. The van der Waals surface area contributed by atoms with Crippen molar-refractivity contribution in [3.63, 3.8) is 0 Å². The van der Waals surface area contributed by atoms with Gasteiger partial charge in [-0.05, 0) is 74.6 Å². The number of ether oxygens (including phenoxy) is 1. The summed E-state index contributed by atoms with van der Waals surface area (Å²) in [6.45, 7) is 2.02. The Morgan fingerprint density at radius 1 is 1.13 bits per heavy atom. The third-order valence-electron chi connectivity index (χ3n) is 6.34. The molecule has 0 atom stereocenters. The summed E-state index contributed by atoms with van der Waals surface area (Å²) in [4.78, 5) is 34.9. The predicted molar refractivity (Wildman–Crippen MR) is 122 cm³/mol. The van der Waals surface area contributed by atoms with Gasteiger partial charge in [0.15, 0.2) is 0 Å². The third-order valence-corrected chi connectivity index (χ3v) is 6.34. The van der Waals surface area contributed by atoms with E-state index in [0.29, 0.717) is 5.71 Å². The van der Waals surface area contributed by atoms with Crippen LogP contribution in [0.4, 0.5) is 5.69 Å². The molecule has 4 rings (SSSR count). The Balaban J connectivity index is 1.61. The molecule has 0 saturated heterocycles. The fourth-order valence-corrected chi connectivity index (χ4v) is 4.51. The molecule has 31 heavy (non-hydrogen) atoms. The Morgan fingerprint density at radius 2 is 1.84 bits per heavy atom. The molecule has 2 amide bonds. The monoisotopic (exact) mass is 419 g/mol. The van der Waals surface area contributed by atoms with Gasteiger partial charge in [0.1, 0.15) is 23.7 Å². The number of methoxy groups -OCH3 is 1. The minimum Gasteiger partial charge on any atom is -0.497 e. The number of aliphatic imine (C=N–C) groups is 1. The van der Waals surface area contributed by atoms with Crippen LogP contribution < -0.4 is 9.64 Å². The van der Waals surface area contributed by atoms with Gasteiger partial charge in [-0.3, -0.25) is 14.6 Å². The Kier molecular flexibility index (Phi) is 5.81. The Labute approximate surface area is 183 Å². The fraction of sp³-hybridized carbons (Fsp3) is 0.400. The summed E-state index contributed by atoms with van der Waals surface area (Å²) < 4.78 is 5.23. The molecule has 6 nitrogen and oxygen atoms in total. The maximum absolute atomic E-state index is 13.5. The normalized spacial score (nSPS) is 17.6. The van der Waals surface area contributed by atoms with Crippen molar-refractivity contribution in [1.29, 1.82) is 0 Å². The molecule has 1 heterocycles. The average Bonchev–Trinajstić information content (AvgIpc) is 3.05. The van der Waals surface area contributed by atoms with Crippen molar-refractivity contribution in [3.05, 3.63) is 59.7 Å². The zero-order valence-electron chi connectivity index (χ0n) is 18.4. The zero-order chi connectivity index (χ0) is 22.0. The standard InChI is InChI=1S/C25H29N3O3/c1-18-8-7-9-20(16-18)27(2)22(29)17-28-24(30)23(19-10-12-21(31-3)13-11-19)26-25(28)14-5-4-6-15-25/h7-13,16H,4-6,14-15,17H2,1-3H3. The Bertz CT molecular complexity index is 1010. The summed E-state index contributed by atoms with van der Waals surface area (Å²) in [5, 5.41) is 0. The van der Waals surface area contributed by atoms with Crippen LogP contribution in [0.15, 0.2) is 53.5 Å². The van der Waals surface area contributed by atoms with E-state index < -0.39 is 5.66 Å². The van der Waals surface area contributed by atoms with E-state index in [9.17, 15) is 9.59 Å². The lowest BCUT2D eigenvalue weighted by Gasteiger charge is -2.39. The zero-order valence-corrected chi connectivity index (χ0v) is 18.4. The van der Waals surface area contributed by atoms with Crippen LogP contribution >= 0.6 is 0 Å². The number of benzene rings is 2. The molecular formula is C25H29N3O3. The quantitative estimate of drug-likeness (QED) is 0.737. The number of rotatable bonds is 5. The highest BCUT2D eigenvalue weighted by Gasteiger charge is 2.48. The van der Waals surface area contributed by atoms with E-state index in [1.54, 1.807) is 24.0 Å². The van der Waals surface area contributed by atoms with Crippen molar-refractivity contribution in [2.24, 2.45) is 4.99 Å². The molecule has 0 aromatic heterocycles. The predicted octanol–water partition coefficient (Wildman–Crippen LogP) is 3.96. The molecule has 1 saturated carbocycles. The number of hydrogen-bond acceptors (Lipinski definition) is 4. The summed E-state index contributed by atoms with van der Waals surface area (Å²) in [6, 6.07) is 15.2. The van der Waals surface area contributed by atoms with Crippen LogP contribution in [0, 0.1) is 6.92 Å². The van der Waals surface area contributed by atoms with E-state index in [0.717, 1.165) is 54.7 Å². The number of carbonyl (C=O) groups is 2. The molecule has 162 valence electrons. The van der Waals surface area contributed by atoms with Crippen LogP contribution in [0.5, 0.6) is 5.75 Å². The van der Waals surface area contributed by atoms with E-state index >= 15 is 0 Å². The number of carbonyl (C=O) groups excluding carboxylic acids is 2. The van der Waals surface area contributed by atoms with Gasteiger partial charge in [-0.2, -0.15) is 0 Å². The minimum absolute atomic E-state index is 0.0203. The van der Waals surface area contributed by atoms with Crippen molar-refractivity contribution in [1.82, 2.24) is 4.90 Å². The summed E-state index contributed by atoms with van der Waals surface area (Å²) in [7, 11) is 3.37. The van der Waals surface area contributed by atoms with E-state index in [2.05, 4.69) is 0 Å². The van der Waals surface area contributed by atoms with Crippen LogP contribution in [0.1, 0.15) is 43.2 Å². The fourth-order valence-electron chi connectivity index (χ4n) is 4.51. The van der Waals surface area contributed by atoms with Gasteiger partial charge in [0.2, 0.25) is 5.91 Å². The maximum atomic E-state index is 13.5. The van der Waals surface area contributed by atoms with Crippen LogP contribution in [0.3, 0.4) is 0 Å². The second-order valence-corrected chi connectivity index (χ2v) is 8.42. The van der Waals surface area contributed by atoms with Crippen molar-refractivity contribution < 1.29 is 14.3 Å². The van der Waals surface area contributed by atoms with E-state index in [4.69, 9.17) is 9.73 Å². The van der Waals surface area contributed by atoms with Crippen molar-refractivity contribution in [2.75, 3.05) is 25.6 Å². The first kappa shape index (κ1) is 21.1. The second-order valence-electron chi connectivity index (χ2n) is 8.42. The average molecular weight is 420 g/mol. The third kappa shape index (κ3) is 4.07. The lowest BCUT2D eigenvalue weighted by atomic mass is 9.88. The van der Waals surface area contributed by atoms with Crippen LogP contribution in [-0.2, 0) is 9.59 Å². The number of anilines is 1. The van der Waals surface area contributed by atoms with Gasteiger partial charge >= 0.3 is 0 Å². The topological polar surface area (TPSA) is 62.2 Å². The van der Waals surface area contributed by atoms with Crippen LogP contribution in [-0.4, -0.2) is 48.8 Å². The molecule has 0 N–H and O–H groups in total. The van der Waals surface area contributed by atoms with Gasteiger partial charge in [-0.15, -0.1) is 0 Å². The van der Waals surface area contributed by atoms with Crippen molar-refractivity contribution in [2.45, 2.75) is 44.7 Å². The molecule has 6 heteroatoms. The molecule has 0 bridgehead atoms. The first-order chi connectivity index (χ1) is 14.9. The van der Waals surface area contributed by atoms with Crippen molar-refractivity contribution in [3.8, 4) is 5.75 Å². The lowest BCUT2D eigenvalue weighted by molar-refractivity contribution is -0.134. The first-order valence-corrected chi connectivity index (χ1v) is 10.8. The van der Waals surface area contributed by atoms with Crippen LogP contribution in [0.2, 0.25) is 0 Å². The molecule has 1 aliphatic carbocycles. The van der Waals surface area contributed by atoms with Gasteiger partial charge < -0.3 is 14.5 Å². The summed E-state index contributed by atoms with van der Waals surface area (Å²) in [6.07, 6.45) is 4.73. The number of aryl methyl sites for hydroxylation is 1. The number of amides is 2.